The fourth-order valence-corrected chi connectivity index (χ4v) is 8.78. The van der Waals surface area contributed by atoms with Crippen molar-refractivity contribution in [2.45, 2.75) is 62.1 Å². The number of pyridine rings is 1. The van der Waals surface area contributed by atoms with E-state index in [2.05, 4.69) is 9.88 Å². The molecular weight excluding hydrogens is 769 g/mol. The molecule has 6 rings (SSSR count). The predicted octanol–water partition coefficient (Wildman–Crippen LogP) is 5.82. The molecule has 1 aromatic carbocycles. The van der Waals surface area contributed by atoms with Gasteiger partial charge in [-0.15, -0.1) is 11.3 Å². The minimum absolute atomic E-state index is 0.00378. The Morgan fingerprint density at radius 3 is 2.46 bits per heavy atom. The molecule has 56 heavy (non-hydrogen) atoms. The molecule has 3 aliphatic heterocycles. The van der Waals surface area contributed by atoms with E-state index in [1.165, 1.54) is 4.90 Å². The monoisotopic (exact) mass is 813 g/mol. The Morgan fingerprint density at radius 1 is 1.00 bits per heavy atom. The number of piperazine rings is 1. The van der Waals surface area contributed by atoms with Crippen LogP contribution < -0.4 is 14.4 Å². The lowest BCUT2D eigenvalue weighted by Crippen LogP contribution is -2.69. The van der Waals surface area contributed by atoms with E-state index in [-0.39, 0.29) is 63.9 Å². The van der Waals surface area contributed by atoms with Crippen molar-refractivity contribution in [1.29, 1.82) is 0 Å². The number of nitrogens with zero attached hydrogens (tertiary/aromatic N) is 5. The van der Waals surface area contributed by atoms with Gasteiger partial charge >= 0.3 is 12.4 Å². The van der Waals surface area contributed by atoms with Crippen molar-refractivity contribution in [3.63, 3.8) is 0 Å². The van der Waals surface area contributed by atoms with E-state index in [9.17, 15) is 36.2 Å². The van der Waals surface area contributed by atoms with Gasteiger partial charge in [0.25, 0.3) is 11.8 Å². The van der Waals surface area contributed by atoms with Gasteiger partial charge in [-0.25, -0.2) is 0 Å². The molecule has 0 unspecified atom stereocenters. The highest BCUT2D eigenvalue weighted by atomic mass is 32.1. The van der Waals surface area contributed by atoms with Crippen LogP contribution in [0.1, 0.15) is 52.9 Å². The number of benzene rings is 1. The summed E-state index contributed by atoms with van der Waals surface area (Å²) in [5.74, 6) is -1.25. The summed E-state index contributed by atoms with van der Waals surface area (Å²) < 4.78 is 102. The Hall–Kier alpha value is -4.13. The van der Waals surface area contributed by atoms with Crippen molar-refractivity contribution in [2.24, 2.45) is 0 Å². The number of hydrogen-bond acceptors (Lipinski definition) is 10. The third-order valence-electron chi connectivity index (χ3n) is 10.7. The van der Waals surface area contributed by atoms with E-state index in [0.29, 0.717) is 49.9 Å². The molecule has 0 radical (unpaired) electrons. The topological polar surface area (TPSA) is 108 Å². The maximum Gasteiger partial charge on any atom is 0.425 e. The summed E-state index contributed by atoms with van der Waals surface area (Å²) in [5, 5.41) is 10.5. The second-order valence-corrected chi connectivity index (χ2v) is 15.0. The first-order valence-electron chi connectivity index (χ1n) is 18.5. The van der Waals surface area contributed by atoms with Gasteiger partial charge in [-0.1, -0.05) is 12.1 Å². The van der Waals surface area contributed by atoms with Crippen molar-refractivity contribution >= 4 is 28.8 Å². The molecule has 18 heteroatoms. The molecule has 3 saturated heterocycles. The van der Waals surface area contributed by atoms with E-state index >= 15 is 4.79 Å². The molecule has 5 heterocycles. The molecule has 0 saturated carbocycles. The van der Waals surface area contributed by atoms with Crippen molar-refractivity contribution < 1.29 is 55.2 Å². The quantitative estimate of drug-likeness (QED) is 0.214. The second-order valence-electron chi connectivity index (χ2n) is 14.1. The molecular formula is C38H45F6N5O6S. The normalized spacial score (nSPS) is 22.4. The van der Waals surface area contributed by atoms with E-state index in [1.807, 2.05) is 17.0 Å². The number of hydrogen-bond donors (Lipinski definition) is 1. The van der Waals surface area contributed by atoms with Crippen LogP contribution in [0.3, 0.4) is 0 Å². The van der Waals surface area contributed by atoms with Gasteiger partial charge in [-0.3, -0.25) is 19.5 Å². The molecule has 3 aliphatic rings. The molecule has 0 aliphatic carbocycles. The van der Waals surface area contributed by atoms with Gasteiger partial charge in [0.05, 0.1) is 36.1 Å². The highest BCUT2D eigenvalue weighted by Gasteiger charge is 2.56. The number of anilines is 1. The molecule has 3 fully saturated rings. The van der Waals surface area contributed by atoms with Gasteiger partial charge in [0.15, 0.2) is 0 Å². The standard InChI is InChI=1S/C38H45F6N5O6S/c1-53-24-26-6-4-13-46(26)15-10-32-36(55-27-22-33(56-25-27)38(42,43)44,11-5-14-49(32)34(51)28-23-45-12-9-29(28)37(39,40)41)35(52)48-18-16-47(17-19-48)30-7-2-3-8-31(30)54-21-20-50/h2-3,7-9,12,22-23,25-26,32,50H,4-6,10-11,13-21,24H2,1H3/t26-,32-,36+/m1/s1. The zero-order valence-corrected chi connectivity index (χ0v) is 31.7. The number of likely N-dealkylation sites (tertiary alicyclic amines) is 2. The SMILES string of the molecule is COC[C@H]1CCCN1CC[C@H]1N(C(=O)c2cnccc2C(F)(F)F)CCC[C@@]1(Oc1csc(C(F)(F)F)c1)C(=O)N1CCN(c2ccccc2OCCO)CC1. The van der Waals surface area contributed by atoms with Crippen LogP contribution in [0.15, 0.2) is 54.2 Å². The lowest BCUT2D eigenvalue weighted by molar-refractivity contribution is -0.160. The molecule has 3 atom stereocenters. The fraction of sp³-hybridized carbons (Fsp3) is 0.553. The predicted molar refractivity (Wildman–Crippen MR) is 195 cm³/mol. The minimum atomic E-state index is -4.89. The molecule has 2 aromatic heterocycles. The minimum Gasteiger partial charge on any atom is -0.489 e. The summed E-state index contributed by atoms with van der Waals surface area (Å²) in [7, 11) is 1.58. The number of alkyl halides is 6. The van der Waals surface area contributed by atoms with Gasteiger partial charge in [0.2, 0.25) is 5.60 Å². The van der Waals surface area contributed by atoms with E-state index in [0.717, 1.165) is 48.4 Å². The first-order chi connectivity index (χ1) is 26.8. The highest BCUT2D eigenvalue weighted by Crippen LogP contribution is 2.43. The number of rotatable bonds is 13. The number of carbonyl (C=O) groups excluding carboxylic acids is 2. The summed E-state index contributed by atoms with van der Waals surface area (Å²) in [6.07, 6.45) is -5.90. The van der Waals surface area contributed by atoms with Crippen LogP contribution >= 0.6 is 11.3 Å². The van der Waals surface area contributed by atoms with Gasteiger partial charge in [-0.05, 0) is 50.4 Å². The largest absolute Gasteiger partial charge is 0.489 e. The summed E-state index contributed by atoms with van der Waals surface area (Å²) in [6, 6.07) is 7.63. The number of halogens is 6. The first-order valence-corrected chi connectivity index (χ1v) is 19.4. The Balaban J connectivity index is 1.39. The average molecular weight is 814 g/mol. The highest BCUT2D eigenvalue weighted by molar-refractivity contribution is 7.10. The Bertz CT molecular complexity index is 1800. The molecule has 0 spiro atoms. The van der Waals surface area contributed by atoms with Crippen LogP contribution in [-0.2, 0) is 21.9 Å². The summed E-state index contributed by atoms with van der Waals surface area (Å²) in [6.45, 7) is 2.30. The molecule has 0 bridgehead atoms. The zero-order valence-electron chi connectivity index (χ0n) is 30.9. The van der Waals surface area contributed by atoms with Crippen molar-refractivity contribution in [3.8, 4) is 11.5 Å². The number of amides is 2. The summed E-state index contributed by atoms with van der Waals surface area (Å²) in [4.78, 5) is 39.4. The number of aromatic nitrogens is 1. The summed E-state index contributed by atoms with van der Waals surface area (Å²) in [5.41, 5.74) is -3.10. The smallest absolute Gasteiger partial charge is 0.425 e. The third-order valence-corrected chi connectivity index (χ3v) is 11.6. The number of carbonyl (C=O) groups is 2. The molecule has 306 valence electrons. The Morgan fingerprint density at radius 2 is 1.77 bits per heavy atom. The van der Waals surface area contributed by atoms with Crippen LogP contribution in [0.2, 0.25) is 0 Å². The molecule has 2 amide bonds. The van der Waals surface area contributed by atoms with Crippen LogP contribution in [0.25, 0.3) is 0 Å². The number of aliphatic hydroxyl groups is 1. The van der Waals surface area contributed by atoms with Gasteiger partial charge < -0.3 is 34.0 Å². The number of methoxy groups -OCH3 is 1. The van der Waals surface area contributed by atoms with Crippen LogP contribution in [0.5, 0.6) is 11.5 Å². The van der Waals surface area contributed by atoms with Gasteiger partial charge in [0.1, 0.15) is 23.0 Å². The fourth-order valence-electron chi connectivity index (χ4n) is 8.10. The van der Waals surface area contributed by atoms with Gasteiger partial charge in [0, 0.05) is 82.7 Å². The molecule has 1 N–H and O–H groups in total. The maximum atomic E-state index is 15.2. The number of para-hydroxylation sites is 2. The number of aliphatic hydroxyl groups excluding tert-OH is 1. The van der Waals surface area contributed by atoms with Crippen molar-refractivity contribution in [3.05, 3.63) is 70.2 Å². The lowest BCUT2D eigenvalue weighted by Gasteiger charge is -2.51. The van der Waals surface area contributed by atoms with Crippen LogP contribution in [0, 0.1) is 0 Å². The Labute approximate surface area is 324 Å². The van der Waals surface area contributed by atoms with E-state index < -0.39 is 51.8 Å². The average Bonchev–Trinajstić information content (AvgIpc) is 3.85. The van der Waals surface area contributed by atoms with E-state index in [4.69, 9.17) is 14.2 Å². The number of ether oxygens (including phenoxy) is 3. The zero-order chi connectivity index (χ0) is 40.1. The van der Waals surface area contributed by atoms with Crippen molar-refractivity contribution in [2.75, 3.05) is 77.6 Å². The maximum absolute atomic E-state index is 15.2. The number of thiophene rings is 1. The van der Waals surface area contributed by atoms with Crippen molar-refractivity contribution in [1.82, 2.24) is 19.7 Å². The third kappa shape index (κ3) is 9.03. The molecule has 3 aromatic rings. The Kier molecular flexibility index (Phi) is 13.0. The van der Waals surface area contributed by atoms with E-state index in [1.54, 1.807) is 24.1 Å². The second kappa shape index (κ2) is 17.6. The van der Waals surface area contributed by atoms with Gasteiger partial charge in [-0.2, -0.15) is 26.3 Å². The van der Waals surface area contributed by atoms with Crippen LogP contribution in [0.4, 0.5) is 32.0 Å². The molecule has 11 nitrogen and oxygen atoms in total. The lowest BCUT2D eigenvalue weighted by atomic mass is 9.80. The van der Waals surface area contributed by atoms with Crippen LogP contribution in [-0.4, -0.2) is 127 Å². The number of piperidine rings is 1. The summed E-state index contributed by atoms with van der Waals surface area (Å²) >= 11 is 0.400. The first kappa shape index (κ1) is 41.5.